The van der Waals surface area contributed by atoms with Gasteiger partial charge in [-0.25, -0.2) is 22.9 Å². The number of halogens is 3. The van der Waals surface area contributed by atoms with Gasteiger partial charge in [0.15, 0.2) is 0 Å². The van der Waals surface area contributed by atoms with Gasteiger partial charge >= 0.3 is 5.97 Å². The molecule has 1 aromatic heterocycles. The van der Waals surface area contributed by atoms with E-state index in [1.165, 1.54) is 30.3 Å². The second-order valence-electron chi connectivity index (χ2n) is 9.09. The highest BCUT2D eigenvalue weighted by Gasteiger charge is 2.16. The summed E-state index contributed by atoms with van der Waals surface area (Å²) in [6, 6.07) is 22.2. The van der Waals surface area contributed by atoms with E-state index in [-0.39, 0.29) is 30.7 Å². The Kier molecular flexibility index (Phi) is 7.51. The molecule has 0 fully saturated rings. The summed E-state index contributed by atoms with van der Waals surface area (Å²) in [4.78, 5) is 15.9. The van der Waals surface area contributed by atoms with E-state index in [9.17, 15) is 18.7 Å². The fourth-order valence-electron chi connectivity index (χ4n) is 4.48. The van der Waals surface area contributed by atoms with Gasteiger partial charge in [-0.05, 0) is 65.2 Å². The Hall–Kier alpha value is -5.10. The van der Waals surface area contributed by atoms with Crippen LogP contribution in [0.4, 0.5) is 13.2 Å². The maximum absolute atomic E-state index is 15.3. The van der Waals surface area contributed by atoms with Crippen molar-refractivity contribution in [3.05, 3.63) is 119 Å². The zero-order chi connectivity index (χ0) is 28.2. The molecule has 5 aromatic rings. The molecule has 40 heavy (non-hydrogen) atoms. The Labute approximate surface area is 227 Å². The highest BCUT2D eigenvalue weighted by molar-refractivity contribution is 5.92. The number of aromatic carboxylic acids is 1. The van der Waals surface area contributed by atoms with Crippen LogP contribution in [0.2, 0.25) is 0 Å². The van der Waals surface area contributed by atoms with E-state index < -0.39 is 24.3 Å². The van der Waals surface area contributed by atoms with E-state index in [1.54, 1.807) is 47.0 Å². The molecule has 9 heteroatoms. The smallest absolute Gasteiger partial charge is 0.335 e. The number of carboxylic acids is 1. The molecule has 1 N–H and O–H groups in total. The number of carboxylic acid groups (broad SMARTS) is 1. The van der Waals surface area contributed by atoms with Gasteiger partial charge in [0.25, 0.3) is 0 Å². The molecule has 0 aliphatic rings. The third-order valence-corrected chi connectivity index (χ3v) is 6.53. The van der Waals surface area contributed by atoms with E-state index in [0.717, 1.165) is 6.07 Å². The number of imidazole rings is 1. The molecule has 5 rings (SSSR count). The number of hydrogen-bond acceptors (Lipinski definition) is 4. The van der Waals surface area contributed by atoms with Gasteiger partial charge in [-0.1, -0.05) is 30.3 Å². The Morgan fingerprint density at radius 2 is 1.73 bits per heavy atom. The Morgan fingerprint density at radius 1 is 0.950 bits per heavy atom. The second-order valence-corrected chi connectivity index (χ2v) is 9.09. The number of aromatic nitrogens is 2. The minimum Gasteiger partial charge on any atom is -0.489 e. The predicted octanol–water partition coefficient (Wildman–Crippen LogP) is 6.69. The molecular weight excluding hydrogens is 519 g/mol. The Morgan fingerprint density at radius 3 is 2.45 bits per heavy atom. The summed E-state index contributed by atoms with van der Waals surface area (Å²) in [6.07, 6.45) is 0.0858. The van der Waals surface area contributed by atoms with E-state index in [2.05, 4.69) is 4.98 Å². The minimum absolute atomic E-state index is 0.0340. The third kappa shape index (κ3) is 5.52. The summed E-state index contributed by atoms with van der Waals surface area (Å²) in [5.74, 6) is -1.23. The zero-order valence-corrected chi connectivity index (χ0v) is 21.1. The molecule has 0 atom stereocenters. The number of nitriles is 1. The Balaban J connectivity index is 1.36. The second kappa shape index (κ2) is 11.3. The van der Waals surface area contributed by atoms with Gasteiger partial charge in [-0.15, -0.1) is 0 Å². The molecule has 1 heterocycles. The lowest BCUT2D eigenvalue weighted by Crippen LogP contribution is -2.07. The number of nitrogens with zero attached hydrogens (tertiary/aromatic N) is 3. The highest BCUT2D eigenvalue weighted by Crippen LogP contribution is 2.28. The van der Waals surface area contributed by atoms with E-state index in [0.29, 0.717) is 44.9 Å². The predicted molar refractivity (Wildman–Crippen MR) is 143 cm³/mol. The molecule has 0 aliphatic heterocycles. The number of benzene rings is 4. The highest BCUT2D eigenvalue weighted by atomic mass is 19.1. The first kappa shape index (κ1) is 26.5. The standard InChI is InChI=1S/C31H22F3N3O3/c32-10-11-37-29-15-23(31(38)39)8-9-28(29)36-30(37)16-22-7-6-21(14-27(22)34)20-2-1-3-25(13-20)40-18-24-5-4-19(17-35)12-26(24)33/h1-9,12-15H,10-11,16,18H2,(H,38,39). The molecular formula is C31H22F3N3O3. The van der Waals surface area contributed by atoms with Crippen molar-refractivity contribution in [2.45, 2.75) is 19.6 Å². The van der Waals surface area contributed by atoms with Crippen molar-refractivity contribution in [1.82, 2.24) is 9.55 Å². The van der Waals surface area contributed by atoms with Crippen molar-refractivity contribution in [1.29, 1.82) is 5.26 Å². The van der Waals surface area contributed by atoms with Crippen LogP contribution in [0.3, 0.4) is 0 Å². The molecule has 0 bridgehead atoms. The molecule has 0 unspecified atom stereocenters. The minimum atomic E-state index is -1.10. The number of fused-ring (bicyclic) bond motifs is 1. The Bertz CT molecular complexity index is 1780. The number of hydrogen-bond donors (Lipinski definition) is 1. The number of ether oxygens (including phenoxy) is 1. The largest absolute Gasteiger partial charge is 0.489 e. The fourth-order valence-corrected chi connectivity index (χ4v) is 4.48. The van der Waals surface area contributed by atoms with Crippen LogP contribution in [-0.4, -0.2) is 27.3 Å². The van der Waals surface area contributed by atoms with Crippen molar-refractivity contribution < 1.29 is 27.8 Å². The van der Waals surface area contributed by atoms with Crippen molar-refractivity contribution in [3.8, 4) is 22.9 Å². The molecule has 0 radical (unpaired) electrons. The van der Waals surface area contributed by atoms with Gasteiger partial charge in [0.05, 0.1) is 34.8 Å². The maximum atomic E-state index is 15.3. The van der Waals surface area contributed by atoms with E-state index in [1.807, 2.05) is 6.07 Å². The SMILES string of the molecule is N#Cc1ccc(COc2cccc(-c3ccc(Cc4nc5ccc(C(=O)O)cc5n4CCF)c(F)c3)c2)c(F)c1. The first-order chi connectivity index (χ1) is 19.4. The van der Waals surface area contributed by atoms with Crippen LogP contribution in [0, 0.1) is 23.0 Å². The van der Waals surface area contributed by atoms with E-state index >= 15 is 4.39 Å². The summed E-state index contributed by atoms with van der Waals surface area (Å²) in [6.45, 7) is -0.761. The topological polar surface area (TPSA) is 88.1 Å². The normalized spacial score (nSPS) is 10.9. The van der Waals surface area contributed by atoms with Crippen molar-refractivity contribution >= 4 is 17.0 Å². The van der Waals surface area contributed by atoms with Gasteiger partial charge in [0.1, 0.15) is 36.5 Å². The van der Waals surface area contributed by atoms with Crippen LogP contribution in [0.15, 0.2) is 78.9 Å². The molecule has 0 spiro atoms. The quantitative estimate of drug-likeness (QED) is 0.225. The van der Waals surface area contributed by atoms with Crippen LogP contribution in [-0.2, 0) is 19.6 Å². The van der Waals surface area contributed by atoms with Gasteiger partial charge in [-0.2, -0.15) is 5.26 Å². The van der Waals surface area contributed by atoms with Crippen LogP contribution in [0.25, 0.3) is 22.2 Å². The molecule has 0 amide bonds. The van der Waals surface area contributed by atoms with Crippen LogP contribution >= 0.6 is 0 Å². The average Bonchev–Trinajstić information content (AvgIpc) is 3.29. The zero-order valence-electron chi connectivity index (χ0n) is 21.1. The lowest BCUT2D eigenvalue weighted by molar-refractivity contribution is 0.0697. The maximum Gasteiger partial charge on any atom is 0.335 e. The molecule has 6 nitrogen and oxygen atoms in total. The summed E-state index contributed by atoms with van der Waals surface area (Å²) < 4.78 is 50.1. The van der Waals surface area contributed by atoms with Crippen LogP contribution < -0.4 is 4.74 Å². The first-order valence-corrected chi connectivity index (χ1v) is 12.3. The molecule has 200 valence electrons. The van der Waals surface area contributed by atoms with Crippen LogP contribution in [0.1, 0.15) is 32.9 Å². The van der Waals surface area contributed by atoms with Crippen molar-refractivity contribution in [2.24, 2.45) is 0 Å². The summed E-state index contributed by atoms with van der Waals surface area (Å²) >= 11 is 0. The van der Waals surface area contributed by atoms with Gasteiger partial charge in [-0.3, -0.25) is 0 Å². The van der Waals surface area contributed by atoms with Crippen LogP contribution in [0.5, 0.6) is 5.75 Å². The first-order valence-electron chi connectivity index (χ1n) is 12.3. The number of carbonyl (C=O) groups is 1. The van der Waals surface area contributed by atoms with Crippen molar-refractivity contribution in [2.75, 3.05) is 6.67 Å². The van der Waals surface area contributed by atoms with Gasteiger partial charge in [0, 0.05) is 12.0 Å². The van der Waals surface area contributed by atoms with Crippen molar-refractivity contribution in [3.63, 3.8) is 0 Å². The summed E-state index contributed by atoms with van der Waals surface area (Å²) in [7, 11) is 0. The third-order valence-electron chi connectivity index (χ3n) is 6.53. The van der Waals surface area contributed by atoms with E-state index in [4.69, 9.17) is 10.00 Å². The number of aryl methyl sites for hydroxylation is 1. The molecule has 0 saturated heterocycles. The lowest BCUT2D eigenvalue weighted by atomic mass is 10.0. The summed E-state index contributed by atoms with van der Waals surface area (Å²) in [5.41, 5.74) is 3.20. The van der Waals surface area contributed by atoms with Gasteiger partial charge in [0.2, 0.25) is 0 Å². The van der Waals surface area contributed by atoms with Gasteiger partial charge < -0.3 is 14.4 Å². The number of rotatable bonds is 9. The average molecular weight is 542 g/mol. The molecule has 0 saturated carbocycles. The number of alkyl halides is 1. The summed E-state index contributed by atoms with van der Waals surface area (Å²) in [5, 5.41) is 18.2. The monoisotopic (exact) mass is 541 g/mol. The molecule has 4 aromatic carbocycles. The lowest BCUT2D eigenvalue weighted by Gasteiger charge is -2.11. The molecule has 0 aliphatic carbocycles. The fraction of sp³-hybridized carbons (Fsp3) is 0.129.